The summed E-state index contributed by atoms with van der Waals surface area (Å²) in [5.74, 6) is -1.53. The number of nitrogens with one attached hydrogen (secondary N) is 2. The van der Waals surface area contributed by atoms with Crippen molar-refractivity contribution in [1.29, 1.82) is 5.53 Å². The molecule has 16 heavy (non-hydrogen) atoms. The van der Waals surface area contributed by atoms with E-state index in [2.05, 4.69) is 10.1 Å². The molecule has 0 spiro atoms. The summed E-state index contributed by atoms with van der Waals surface area (Å²) < 4.78 is 0. The Morgan fingerprint density at radius 1 is 1.38 bits per heavy atom. The third-order valence-corrected chi connectivity index (χ3v) is 2.28. The molecule has 0 bridgehead atoms. The molecule has 0 radical (unpaired) electrons. The maximum atomic E-state index is 11.4. The zero-order chi connectivity index (χ0) is 11.9. The molecule has 2 rings (SSSR count). The van der Waals surface area contributed by atoms with Crippen LogP contribution in [0.15, 0.2) is 17.2 Å². The number of aromatic nitrogens is 1. The molecule has 2 aromatic rings. The van der Waals surface area contributed by atoms with E-state index < -0.39 is 5.91 Å². The maximum absolute atomic E-state index is 11.4. The molecule has 1 amide bonds. The summed E-state index contributed by atoms with van der Waals surface area (Å²) in [6, 6.07) is 2.85. The van der Waals surface area contributed by atoms with Crippen LogP contribution in [-0.2, 0) is 0 Å². The van der Waals surface area contributed by atoms with Gasteiger partial charge in [-0.3, -0.25) is 9.78 Å². The van der Waals surface area contributed by atoms with Gasteiger partial charge in [0.25, 0.3) is 5.91 Å². The Balaban J connectivity index is 2.94. The summed E-state index contributed by atoms with van der Waals surface area (Å²) in [7, 11) is 0. The zero-order valence-corrected chi connectivity index (χ0v) is 7.98. The molecule has 6 N–H and O–H groups in total. The van der Waals surface area contributed by atoms with Crippen LogP contribution in [0.4, 0.5) is 5.69 Å². The topological polar surface area (TPSA) is 136 Å². The van der Waals surface area contributed by atoms with Crippen LogP contribution in [0.3, 0.4) is 0 Å². The summed E-state index contributed by atoms with van der Waals surface area (Å²) in [5, 5.41) is 22.0. The highest BCUT2D eigenvalue weighted by atomic mass is 16.3. The third kappa shape index (κ3) is 1.18. The predicted octanol–water partition coefficient (Wildman–Crippen LogP) is 1.33. The van der Waals surface area contributed by atoms with Gasteiger partial charge in [0.15, 0.2) is 11.8 Å². The zero-order valence-electron chi connectivity index (χ0n) is 7.98. The highest BCUT2D eigenvalue weighted by Gasteiger charge is 2.20. The molecular weight excluding hydrogens is 212 g/mol. The Labute approximate surface area is 89.0 Å². The van der Waals surface area contributed by atoms with Crippen molar-refractivity contribution in [3.63, 3.8) is 0 Å². The second-order valence-electron chi connectivity index (χ2n) is 3.19. The molecule has 82 valence electrons. The Bertz CT molecular complexity index is 602. The van der Waals surface area contributed by atoms with Crippen LogP contribution in [0, 0.1) is 5.53 Å². The Morgan fingerprint density at radius 3 is 2.69 bits per heavy atom. The third-order valence-electron chi connectivity index (χ3n) is 2.28. The molecule has 0 saturated heterocycles. The summed E-state index contributed by atoms with van der Waals surface area (Å²) >= 11 is 0. The number of amides is 1. The first-order chi connectivity index (χ1) is 7.56. The fourth-order valence-corrected chi connectivity index (χ4v) is 1.59. The lowest BCUT2D eigenvalue weighted by atomic mass is 10.1. The number of aromatic amines is 1. The molecule has 0 atom stereocenters. The molecule has 0 aliphatic carbocycles. The molecule has 7 heteroatoms. The fourth-order valence-electron chi connectivity index (χ4n) is 1.59. The number of benzene rings is 1. The largest absolute Gasteiger partial charge is 0.494 e. The van der Waals surface area contributed by atoms with Gasteiger partial charge in [0, 0.05) is 11.1 Å². The molecule has 0 aliphatic heterocycles. The number of fused-ring (bicyclic) bond motifs is 1. The summed E-state index contributed by atoms with van der Waals surface area (Å²) in [5.41, 5.74) is 12.2. The predicted molar refractivity (Wildman–Crippen MR) is 55.5 cm³/mol. The first-order valence-corrected chi connectivity index (χ1v) is 4.30. The molecule has 0 fully saturated rings. The van der Waals surface area contributed by atoms with Gasteiger partial charge in [0.05, 0.1) is 10.9 Å². The number of H-pyrrole nitrogens is 1. The van der Waals surface area contributed by atoms with Crippen molar-refractivity contribution in [3.05, 3.63) is 17.7 Å². The number of anilines is 1. The number of nitrogen functional groups attached to an aromatic ring is 1. The van der Waals surface area contributed by atoms with Crippen LogP contribution >= 0.6 is 0 Å². The van der Waals surface area contributed by atoms with E-state index in [0.29, 0.717) is 0 Å². The monoisotopic (exact) mass is 220 g/mol. The van der Waals surface area contributed by atoms with E-state index >= 15 is 0 Å². The normalized spacial score (nSPS) is 10.5. The average Bonchev–Trinajstić information content (AvgIpc) is 2.53. The molecule has 7 nitrogen and oxygen atoms in total. The minimum absolute atomic E-state index is 0.0681. The van der Waals surface area contributed by atoms with E-state index in [1.807, 2.05) is 0 Å². The quantitative estimate of drug-likeness (QED) is 0.365. The van der Waals surface area contributed by atoms with Crippen LogP contribution in [0.1, 0.15) is 10.4 Å². The maximum Gasteiger partial charge on any atom is 0.297 e. The highest BCUT2D eigenvalue weighted by molar-refractivity contribution is 6.14. The number of carbonyl (C=O) groups is 1. The van der Waals surface area contributed by atoms with E-state index in [4.69, 9.17) is 11.3 Å². The first kappa shape index (κ1) is 9.97. The molecule has 1 aromatic heterocycles. The van der Waals surface area contributed by atoms with E-state index in [-0.39, 0.29) is 33.8 Å². The summed E-state index contributed by atoms with van der Waals surface area (Å²) in [4.78, 5) is 13.6. The van der Waals surface area contributed by atoms with Gasteiger partial charge >= 0.3 is 0 Å². The van der Waals surface area contributed by atoms with Gasteiger partial charge in [-0.1, -0.05) is 0 Å². The minimum atomic E-state index is -0.877. The lowest BCUT2D eigenvalue weighted by molar-refractivity contribution is 0.0993. The lowest BCUT2D eigenvalue weighted by Crippen LogP contribution is -2.00. The molecule has 0 unspecified atom stereocenters. The standard InChI is InChI=1S/C9H8N4O3/c10-4-2-1-3-5(6(4)9(16)13-11)8(15)12-7(3)14/h1-2,11-12,14-15H,10H2. The smallest absolute Gasteiger partial charge is 0.297 e. The van der Waals surface area contributed by atoms with Crippen LogP contribution < -0.4 is 5.73 Å². The van der Waals surface area contributed by atoms with Crippen molar-refractivity contribution in [2.45, 2.75) is 0 Å². The second kappa shape index (κ2) is 3.23. The van der Waals surface area contributed by atoms with Crippen molar-refractivity contribution < 1.29 is 15.0 Å². The van der Waals surface area contributed by atoms with Gasteiger partial charge in [0.2, 0.25) is 0 Å². The molecule has 1 aromatic carbocycles. The Morgan fingerprint density at radius 2 is 2.06 bits per heavy atom. The number of rotatable bonds is 1. The molecule has 0 saturated carbocycles. The average molecular weight is 220 g/mol. The van der Waals surface area contributed by atoms with Crippen molar-refractivity contribution >= 4 is 22.4 Å². The number of nitrogens with zero attached hydrogens (tertiary/aromatic N) is 1. The van der Waals surface area contributed by atoms with Gasteiger partial charge in [-0.05, 0) is 12.1 Å². The highest BCUT2D eigenvalue weighted by Crippen LogP contribution is 2.37. The van der Waals surface area contributed by atoms with Crippen LogP contribution in [-0.4, -0.2) is 21.1 Å². The number of aromatic hydroxyl groups is 2. The second-order valence-corrected chi connectivity index (χ2v) is 3.19. The summed E-state index contributed by atoms with van der Waals surface area (Å²) in [6.07, 6.45) is 0. The van der Waals surface area contributed by atoms with Crippen LogP contribution in [0.2, 0.25) is 0 Å². The number of hydrogen-bond acceptors (Lipinski definition) is 5. The van der Waals surface area contributed by atoms with Crippen LogP contribution in [0.25, 0.3) is 10.8 Å². The number of nitrogens with two attached hydrogens (primary N) is 1. The Kier molecular flexibility index (Phi) is 2.01. The first-order valence-electron chi connectivity index (χ1n) is 4.30. The minimum Gasteiger partial charge on any atom is -0.494 e. The van der Waals surface area contributed by atoms with E-state index in [1.165, 1.54) is 12.1 Å². The number of hydrogen-bond donors (Lipinski definition) is 5. The van der Waals surface area contributed by atoms with Gasteiger partial charge in [-0.2, -0.15) is 0 Å². The van der Waals surface area contributed by atoms with Crippen molar-refractivity contribution in [1.82, 2.24) is 4.98 Å². The van der Waals surface area contributed by atoms with E-state index in [1.54, 1.807) is 0 Å². The SMILES string of the molecule is N=NC(=O)c1c(N)ccc2c(O)[nH]c(O)c12. The lowest BCUT2D eigenvalue weighted by Gasteiger charge is -2.02. The molecule has 0 aliphatic rings. The van der Waals surface area contributed by atoms with Crippen molar-refractivity contribution in [3.8, 4) is 11.8 Å². The van der Waals surface area contributed by atoms with Gasteiger partial charge in [-0.15, -0.1) is 5.11 Å². The van der Waals surface area contributed by atoms with E-state index in [0.717, 1.165) is 0 Å². The summed E-state index contributed by atoms with van der Waals surface area (Å²) in [6.45, 7) is 0. The van der Waals surface area contributed by atoms with Gasteiger partial charge < -0.3 is 15.9 Å². The van der Waals surface area contributed by atoms with Crippen molar-refractivity contribution in [2.75, 3.05) is 5.73 Å². The molecule has 1 heterocycles. The fraction of sp³-hybridized carbons (Fsp3) is 0. The van der Waals surface area contributed by atoms with Crippen LogP contribution in [0.5, 0.6) is 11.8 Å². The van der Waals surface area contributed by atoms with Gasteiger partial charge in [-0.25, -0.2) is 5.53 Å². The van der Waals surface area contributed by atoms with E-state index in [9.17, 15) is 15.0 Å². The van der Waals surface area contributed by atoms with Gasteiger partial charge in [0.1, 0.15) is 0 Å². The molecular formula is C9H8N4O3. The number of carbonyl (C=O) groups excluding carboxylic acids is 1. The Hall–Kier alpha value is -2.57. The van der Waals surface area contributed by atoms with Crippen molar-refractivity contribution in [2.24, 2.45) is 5.11 Å².